The molecule has 1 aliphatic heterocycles. The Hall–Kier alpha value is -3.21. The molecule has 5 heteroatoms. The fourth-order valence-electron chi connectivity index (χ4n) is 4.39. The van der Waals surface area contributed by atoms with Crippen LogP contribution < -0.4 is 5.32 Å². The van der Waals surface area contributed by atoms with Crippen molar-refractivity contribution in [3.63, 3.8) is 0 Å². The van der Waals surface area contributed by atoms with Gasteiger partial charge in [0.1, 0.15) is 6.61 Å². The number of rotatable bonds is 4. The number of ether oxygens (including phenoxy) is 1. The van der Waals surface area contributed by atoms with Crippen molar-refractivity contribution in [1.82, 2.24) is 10.3 Å². The molecule has 4 rings (SSSR count). The van der Waals surface area contributed by atoms with E-state index >= 15 is 0 Å². The number of pyridine rings is 1. The molecule has 1 atom stereocenters. The highest BCUT2D eigenvalue weighted by molar-refractivity contribution is 6.04. The van der Waals surface area contributed by atoms with Crippen LogP contribution in [0.3, 0.4) is 0 Å². The molecule has 0 spiro atoms. The van der Waals surface area contributed by atoms with Crippen LogP contribution in [0.5, 0.6) is 0 Å². The summed E-state index contributed by atoms with van der Waals surface area (Å²) < 4.78 is 5.65. The van der Waals surface area contributed by atoms with E-state index in [0.29, 0.717) is 17.6 Å². The number of nitrogens with zero attached hydrogens (tertiary/aromatic N) is 1. The summed E-state index contributed by atoms with van der Waals surface area (Å²) in [4.78, 5) is 30.6. The fraction of sp³-hybridized carbons (Fsp3) is 0.320. The molecule has 0 fully saturated rings. The number of dihydropyridines is 1. The van der Waals surface area contributed by atoms with E-state index < -0.39 is 11.9 Å². The molecule has 1 aliphatic carbocycles. The van der Waals surface area contributed by atoms with E-state index in [2.05, 4.69) is 24.1 Å². The maximum Gasteiger partial charge on any atom is 0.337 e. The summed E-state index contributed by atoms with van der Waals surface area (Å²) in [5, 5.41) is 3.35. The summed E-state index contributed by atoms with van der Waals surface area (Å²) in [6.45, 7) is 6.25. The van der Waals surface area contributed by atoms with Gasteiger partial charge in [-0.1, -0.05) is 50.2 Å². The first-order chi connectivity index (χ1) is 14.4. The molecule has 0 radical (unpaired) electrons. The van der Waals surface area contributed by atoms with Gasteiger partial charge in [-0.3, -0.25) is 9.78 Å². The maximum absolute atomic E-state index is 13.2. The van der Waals surface area contributed by atoms with E-state index in [4.69, 9.17) is 4.74 Å². The summed E-state index contributed by atoms with van der Waals surface area (Å²) in [5.41, 5.74) is 4.40. The van der Waals surface area contributed by atoms with Gasteiger partial charge in [0.25, 0.3) is 0 Å². The summed E-state index contributed by atoms with van der Waals surface area (Å²) in [5.74, 6) is -0.813. The first-order valence-corrected chi connectivity index (χ1v) is 10.2. The van der Waals surface area contributed by atoms with Gasteiger partial charge in [-0.2, -0.15) is 0 Å². The van der Waals surface area contributed by atoms with Crippen molar-refractivity contribution < 1.29 is 14.3 Å². The molecule has 0 bridgehead atoms. The fourth-order valence-corrected chi connectivity index (χ4v) is 4.39. The minimum atomic E-state index is -0.471. The molecule has 30 heavy (non-hydrogen) atoms. The van der Waals surface area contributed by atoms with E-state index in [9.17, 15) is 9.59 Å². The Kier molecular flexibility index (Phi) is 5.29. The predicted octanol–water partition coefficient (Wildman–Crippen LogP) is 4.43. The number of benzene rings is 1. The third kappa shape index (κ3) is 3.92. The molecular formula is C25H26N2O3. The molecule has 1 aromatic carbocycles. The number of hydrogen-bond donors (Lipinski definition) is 1. The van der Waals surface area contributed by atoms with Crippen molar-refractivity contribution in [3.05, 3.63) is 88.5 Å². The second-order valence-corrected chi connectivity index (χ2v) is 8.78. The predicted molar refractivity (Wildman–Crippen MR) is 114 cm³/mol. The van der Waals surface area contributed by atoms with Gasteiger partial charge >= 0.3 is 5.97 Å². The van der Waals surface area contributed by atoms with Crippen molar-refractivity contribution in [2.24, 2.45) is 5.41 Å². The van der Waals surface area contributed by atoms with Crippen LogP contribution >= 0.6 is 0 Å². The van der Waals surface area contributed by atoms with Crippen molar-refractivity contribution in [3.8, 4) is 0 Å². The maximum atomic E-state index is 13.2. The zero-order chi connectivity index (χ0) is 21.3. The van der Waals surface area contributed by atoms with Crippen LogP contribution in [0.25, 0.3) is 0 Å². The van der Waals surface area contributed by atoms with Gasteiger partial charge in [-0.25, -0.2) is 4.79 Å². The number of nitrogens with one attached hydrogen (secondary N) is 1. The molecule has 154 valence electrons. The molecule has 0 saturated heterocycles. The number of esters is 1. The molecule has 1 aromatic heterocycles. The molecule has 5 nitrogen and oxygen atoms in total. The Morgan fingerprint density at radius 2 is 1.93 bits per heavy atom. The zero-order valence-corrected chi connectivity index (χ0v) is 17.6. The first kappa shape index (κ1) is 20.1. The van der Waals surface area contributed by atoms with Crippen LogP contribution in [0.4, 0.5) is 0 Å². The normalized spacial score (nSPS) is 20.5. The van der Waals surface area contributed by atoms with Gasteiger partial charge in [0.05, 0.1) is 5.57 Å². The summed E-state index contributed by atoms with van der Waals surface area (Å²) in [6.07, 6.45) is 4.63. The van der Waals surface area contributed by atoms with Crippen LogP contribution in [-0.4, -0.2) is 16.7 Å². The highest BCUT2D eigenvalue weighted by atomic mass is 16.5. The molecule has 2 heterocycles. The lowest BCUT2D eigenvalue weighted by Gasteiger charge is -2.39. The van der Waals surface area contributed by atoms with E-state index in [-0.39, 0.29) is 17.8 Å². The average molecular weight is 402 g/mol. The molecule has 2 aromatic rings. The quantitative estimate of drug-likeness (QED) is 0.767. The van der Waals surface area contributed by atoms with Gasteiger partial charge in [-0.15, -0.1) is 0 Å². The van der Waals surface area contributed by atoms with E-state index in [1.54, 1.807) is 12.4 Å². The summed E-state index contributed by atoms with van der Waals surface area (Å²) in [6, 6.07) is 13.3. The number of carbonyl (C=O) groups excluding carboxylic acids is 2. The third-order valence-electron chi connectivity index (χ3n) is 5.69. The van der Waals surface area contributed by atoms with E-state index in [1.807, 2.05) is 49.4 Å². The Morgan fingerprint density at radius 3 is 2.63 bits per heavy atom. The monoisotopic (exact) mass is 402 g/mol. The highest BCUT2D eigenvalue weighted by Crippen LogP contribution is 2.46. The van der Waals surface area contributed by atoms with E-state index in [0.717, 1.165) is 28.9 Å². The highest BCUT2D eigenvalue weighted by Gasteiger charge is 2.43. The summed E-state index contributed by atoms with van der Waals surface area (Å²) >= 11 is 0. The van der Waals surface area contributed by atoms with Gasteiger partial charge in [-0.05, 0) is 36.0 Å². The number of carbonyl (C=O) groups is 2. The molecule has 2 aliphatic rings. The van der Waals surface area contributed by atoms with E-state index in [1.165, 1.54) is 0 Å². The molecule has 0 saturated carbocycles. The number of Topliss-reactive ketones (excluding diaryl/α,β-unsaturated/α-hetero) is 1. The number of aromatic nitrogens is 1. The van der Waals surface area contributed by atoms with Crippen molar-refractivity contribution in [2.45, 2.75) is 46.1 Å². The lowest BCUT2D eigenvalue weighted by Crippen LogP contribution is -2.38. The molecule has 0 amide bonds. The average Bonchev–Trinajstić information content (AvgIpc) is 2.71. The van der Waals surface area contributed by atoms with Crippen LogP contribution in [0.15, 0.2) is 77.4 Å². The smallest absolute Gasteiger partial charge is 0.337 e. The van der Waals surface area contributed by atoms with Crippen molar-refractivity contribution >= 4 is 11.8 Å². The Labute approximate surface area is 176 Å². The second-order valence-electron chi connectivity index (χ2n) is 8.78. The third-order valence-corrected chi connectivity index (χ3v) is 5.69. The largest absolute Gasteiger partial charge is 0.457 e. The van der Waals surface area contributed by atoms with Gasteiger partial charge in [0, 0.05) is 41.7 Å². The lowest BCUT2D eigenvalue weighted by atomic mass is 9.69. The Balaban J connectivity index is 1.72. The lowest BCUT2D eigenvalue weighted by molar-refractivity contribution is -0.140. The molecule has 1 N–H and O–H groups in total. The summed E-state index contributed by atoms with van der Waals surface area (Å²) in [7, 11) is 0. The number of hydrogen-bond acceptors (Lipinski definition) is 5. The van der Waals surface area contributed by atoms with Gasteiger partial charge < -0.3 is 10.1 Å². The SMILES string of the molecule is CC1=C(C(=O)OCc2ccccc2)[C@@H](c2cccnc2)C2=C(CC(C)(C)CC2=O)N1. The van der Waals surface area contributed by atoms with Gasteiger partial charge in [0.15, 0.2) is 5.78 Å². The molecule has 0 unspecified atom stereocenters. The van der Waals surface area contributed by atoms with Crippen LogP contribution in [0, 0.1) is 5.41 Å². The second kappa shape index (κ2) is 7.90. The number of ketones is 1. The minimum absolute atomic E-state index is 0.0727. The van der Waals surface area contributed by atoms with Crippen LogP contribution in [0.2, 0.25) is 0 Å². The number of allylic oxidation sites excluding steroid dienone is 3. The van der Waals surface area contributed by atoms with Crippen LogP contribution in [-0.2, 0) is 20.9 Å². The first-order valence-electron chi connectivity index (χ1n) is 10.2. The van der Waals surface area contributed by atoms with Gasteiger partial charge in [0.2, 0.25) is 0 Å². The topological polar surface area (TPSA) is 68.3 Å². The standard InChI is InChI=1S/C25H26N2O3/c1-16-21(24(29)30-15-17-8-5-4-6-9-17)22(18-10-7-11-26-14-18)23-19(27-16)12-25(2,3)13-20(23)28/h4-11,14,22,27H,12-13,15H2,1-3H3/t22-/m1/s1. The molecular weight excluding hydrogens is 376 g/mol. The Morgan fingerprint density at radius 1 is 1.17 bits per heavy atom. The van der Waals surface area contributed by atoms with Crippen LogP contribution in [0.1, 0.15) is 50.7 Å². The zero-order valence-electron chi connectivity index (χ0n) is 17.6. The Bertz CT molecular complexity index is 1040. The minimum Gasteiger partial charge on any atom is -0.457 e. The van der Waals surface area contributed by atoms with Crippen molar-refractivity contribution in [2.75, 3.05) is 0 Å². The van der Waals surface area contributed by atoms with Crippen molar-refractivity contribution in [1.29, 1.82) is 0 Å².